The van der Waals surface area contributed by atoms with Crippen LogP contribution < -0.4 is 5.32 Å². The van der Waals surface area contributed by atoms with Crippen LogP contribution in [0.5, 0.6) is 0 Å². The summed E-state index contributed by atoms with van der Waals surface area (Å²) in [6, 6.07) is 0. The van der Waals surface area contributed by atoms with Gasteiger partial charge in [0.15, 0.2) is 0 Å². The number of hydrogen-bond donors (Lipinski definition) is 1. The van der Waals surface area contributed by atoms with Crippen molar-refractivity contribution in [3.8, 4) is 0 Å². The summed E-state index contributed by atoms with van der Waals surface area (Å²) < 4.78 is 4.98. The van der Waals surface area contributed by atoms with Gasteiger partial charge in [0.1, 0.15) is 0 Å². The molecule has 0 radical (unpaired) electrons. The first-order valence-corrected chi connectivity index (χ1v) is 7.23. The smallest absolute Gasteiger partial charge is 0.0587 e. The van der Waals surface area contributed by atoms with E-state index >= 15 is 0 Å². The summed E-state index contributed by atoms with van der Waals surface area (Å²) in [7, 11) is 1.74. The number of allylic oxidation sites excluding steroid dienone is 1. The molecule has 1 rings (SSSR count). The molecule has 0 aromatic rings. The second-order valence-corrected chi connectivity index (χ2v) is 5.15. The number of ether oxygens (including phenoxy) is 1. The minimum absolute atomic E-state index is 0.810. The van der Waals surface area contributed by atoms with Crippen LogP contribution in [0, 0.1) is 11.8 Å². The van der Waals surface area contributed by atoms with E-state index in [0.29, 0.717) is 0 Å². The van der Waals surface area contributed by atoms with Crippen molar-refractivity contribution >= 4 is 0 Å². The Morgan fingerprint density at radius 1 is 1.18 bits per heavy atom. The normalized spacial score (nSPS) is 25.5. The molecule has 1 N–H and O–H groups in total. The predicted molar refractivity (Wildman–Crippen MR) is 74.2 cm³/mol. The Kier molecular flexibility index (Phi) is 8.37. The number of nitrogens with one attached hydrogen (secondary N) is 1. The van der Waals surface area contributed by atoms with Gasteiger partial charge >= 0.3 is 0 Å². The Morgan fingerprint density at radius 3 is 2.59 bits per heavy atom. The highest BCUT2D eigenvalue weighted by Gasteiger charge is 2.17. The van der Waals surface area contributed by atoms with Crippen LogP contribution in [0.3, 0.4) is 0 Å². The average Bonchev–Trinajstić information content (AvgIpc) is 2.38. The maximum absolute atomic E-state index is 4.98. The van der Waals surface area contributed by atoms with Crippen molar-refractivity contribution in [2.45, 2.75) is 45.4 Å². The van der Waals surface area contributed by atoms with Gasteiger partial charge in [-0.25, -0.2) is 0 Å². The molecule has 0 amide bonds. The predicted octanol–water partition coefficient (Wildman–Crippen LogP) is 3.39. The largest absolute Gasteiger partial charge is 0.383 e. The molecule has 0 atom stereocenters. The fraction of sp³-hybridized carbons (Fsp3) is 0.867. The SMILES string of the molecule is CCC1CCC(C=CCCNCCOC)CC1. The Morgan fingerprint density at radius 2 is 1.94 bits per heavy atom. The molecule has 0 aromatic carbocycles. The summed E-state index contributed by atoms with van der Waals surface area (Å²) in [5.74, 6) is 1.87. The molecule has 0 saturated heterocycles. The first-order valence-electron chi connectivity index (χ1n) is 7.23. The molecule has 2 heteroatoms. The van der Waals surface area contributed by atoms with E-state index in [9.17, 15) is 0 Å². The quantitative estimate of drug-likeness (QED) is 0.518. The van der Waals surface area contributed by atoms with Gasteiger partial charge < -0.3 is 10.1 Å². The maximum atomic E-state index is 4.98. The lowest BCUT2D eigenvalue weighted by molar-refractivity contribution is 0.199. The Balaban J connectivity index is 1.98. The molecule has 1 fully saturated rings. The van der Waals surface area contributed by atoms with E-state index in [-0.39, 0.29) is 0 Å². The first-order chi connectivity index (χ1) is 8.36. The minimum Gasteiger partial charge on any atom is -0.383 e. The van der Waals surface area contributed by atoms with Crippen LogP contribution in [-0.4, -0.2) is 26.8 Å². The summed E-state index contributed by atoms with van der Waals surface area (Å²) >= 11 is 0. The van der Waals surface area contributed by atoms with Crippen molar-refractivity contribution in [2.24, 2.45) is 11.8 Å². The topological polar surface area (TPSA) is 21.3 Å². The van der Waals surface area contributed by atoms with Crippen LogP contribution in [0.4, 0.5) is 0 Å². The third-order valence-electron chi connectivity index (χ3n) is 3.85. The van der Waals surface area contributed by atoms with Gasteiger partial charge in [-0.3, -0.25) is 0 Å². The molecule has 0 spiro atoms. The van der Waals surface area contributed by atoms with Crippen LogP contribution in [0.25, 0.3) is 0 Å². The summed E-state index contributed by atoms with van der Waals surface area (Å²) in [5.41, 5.74) is 0. The van der Waals surface area contributed by atoms with Crippen molar-refractivity contribution < 1.29 is 4.74 Å². The van der Waals surface area contributed by atoms with E-state index in [1.54, 1.807) is 7.11 Å². The molecule has 2 nitrogen and oxygen atoms in total. The minimum atomic E-state index is 0.810. The van der Waals surface area contributed by atoms with Crippen LogP contribution in [0.15, 0.2) is 12.2 Å². The molecule has 1 aliphatic rings. The highest BCUT2D eigenvalue weighted by atomic mass is 16.5. The first kappa shape index (κ1) is 14.7. The number of rotatable bonds is 8. The van der Waals surface area contributed by atoms with Gasteiger partial charge in [-0.1, -0.05) is 25.5 Å². The molecule has 17 heavy (non-hydrogen) atoms. The zero-order valence-corrected chi connectivity index (χ0v) is 11.6. The van der Waals surface area contributed by atoms with Gasteiger partial charge in [0.05, 0.1) is 6.61 Å². The van der Waals surface area contributed by atoms with Crippen molar-refractivity contribution in [2.75, 3.05) is 26.8 Å². The molecule has 0 unspecified atom stereocenters. The zero-order valence-electron chi connectivity index (χ0n) is 11.6. The van der Waals surface area contributed by atoms with E-state index in [1.165, 1.54) is 32.1 Å². The maximum Gasteiger partial charge on any atom is 0.0587 e. The molecule has 0 bridgehead atoms. The highest BCUT2D eigenvalue weighted by molar-refractivity contribution is 4.91. The van der Waals surface area contributed by atoms with Crippen molar-refractivity contribution in [1.29, 1.82) is 0 Å². The molecule has 0 aromatic heterocycles. The van der Waals surface area contributed by atoms with Crippen molar-refractivity contribution in [3.05, 3.63) is 12.2 Å². The Labute approximate surface area is 107 Å². The lowest BCUT2D eigenvalue weighted by atomic mass is 9.81. The van der Waals surface area contributed by atoms with E-state index < -0.39 is 0 Å². The summed E-state index contributed by atoms with van der Waals surface area (Å²) in [4.78, 5) is 0. The van der Waals surface area contributed by atoms with Crippen LogP contribution in [-0.2, 0) is 4.74 Å². The van der Waals surface area contributed by atoms with Crippen molar-refractivity contribution in [3.63, 3.8) is 0 Å². The van der Waals surface area contributed by atoms with Crippen LogP contribution in [0.1, 0.15) is 45.4 Å². The third-order valence-corrected chi connectivity index (χ3v) is 3.85. The van der Waals surface area contributed by atoms with Gasteiger partial charge in [0.25, 0.3) is 0 Å². The van der Waals surface area contributed by atoms with Gasteiger partial charge in [-0.2, -0.15) is 0 Å². The monoisotopic (exact) mass is 239 g/mol. The standard InChI is InChI=1S/C15H29NO/c1-3-14-7-9-15(10-8-14)6-4-5-11-16-12-13-17-2/h4,6,14-16H,3,5,7-13H2,1-2H3. The molecular weight excluding hydrogens is 210 g/mol. The zero-order chi connectivity index (χ0) is 12.3. The van der Waals surface area contributed by atoms with E-state index in [0.717, 1.165) is 38.0 Å². The van der Waals surface area contributed by atoms with Gasteiger partial charge in [0.2, 0.25) is 0 Å². The summed E-state index contributed by atoms with van der Waals surface area (Å²) in [5, 5.41) is 3.36. The molecule has 1 aliphatic carbocycles. The summed E-state index contributed by atoms with van der Waals surface area (Å²) in [6.07, 6.45) is 13.0. The Bertz CT molecular complexity index is 195. The molecular formula is C15H29NO. The van der Waals surface area contributed by atoms with Gasteiger partial charge in [-0.05, 0) is 50.5 Å². The summed E-state index contributed by atoms with van der Waals surface area (Å²) in [6.45, 7) is 5.17. The van der Waals surface area contributed by atoms with Crippen LogP contribution in [0.2, 0.25) is 0 Å². The molecule has 1 saturated carbocycles. The second kappa shape index (κ2) is 9.67. The molecule has 0 heterocycles. The van der Waals surface area contributed by atoms with Gasteiger partial charge in [0, 0.05) is 13.7 Å². The Hall–Kier alpha value is -0.340. The molecule has 0 aliphatic heterocycles. The van der Waals surface area contributed by atoms with Gasteiger partial charge in [-0.15, -0.1) is 0 Å². The third kappa shape index (κ3) is 6.85. The lowest BCUT2D eigenvalue weighted by Crippen LogP contribution is -2.19. The number of methoxy groups -OCH3 is 1. The lowest BCUT2D eigenvalue weighted by Gasteiger charge is -2.25. The fourth-order valence-corrected chi connectivity index (χ4v) is 2.56. The fourth-order valence-electron chi connectivity index (χ4n) is 2.56. The number of hydrogen-bond acceptors (Lipinski definition) is 2. The molecule has 100 valence electrons. The van der Waals surface area contributed by atoms with E-state index in [1.807, 2.05) is 0 Å². The second-order valence-electron chi connectivity index (χ2n) is 5.15. The highest BCUT2D eigenvalue weighted by Crippen LogP contribution is 2.31. The van der Waals surface area contributed by atoms with E-state index in [2.05, 4.69) is 24.4 Å². The van der Waals surface area contributed by atoms with Crippen molar-refractivity contribution in [1.82, 2.24) is 5.32 Å². The van der Waals surface area contributed by atoms with Crippen LogP contribution >= 0.6 is 0 Å². The van der Waals surface area contributed by atoms with E-state index in [4.69, 9.17) is 4.74 Å². The average molecular weight is 239 g/mol.